The molecule has 8 heteroatoms. The van der Waals surface area contributed by atoms with Crippen molar-refractivity contribution in [2.24, 2.45) is 0 Å². The Morgan fingerprint density at radius 2 is 1.49 bits per heavy atom. The molecule has 2 N–H and O–H groups in total. The molecule has 0 saturated carbocycles. The van der Waals surface area contributed by atoms with Gasteiger partial charge in [0.15, 0.2) is 0 Å². The van der Waals surface area contributed by atoms with Crippen LogP contribution in [0.15, 0.2) is 103 Å². The third-order valence-corrected chi connectivity index (χ3v) is 5.70. The van der Waals surface area contributed by atoms with Crippen LogP contribution in [0.5, 0.6) is 0 Å². The maximum Gasteiger partial charge on any atom is 0.416 e. The van der Waals surface area contributed by atoms with E-state index < -0.39 is 23.3 Å². The van der Waals surface area contributed by atoms with Crippen molar-refractivity contribution in [1.82, 2.24) is 10.3 Å². The van der Waals surface area contributed by atoms with Gasteiger partial charge < -0.3 is 10.6 Å². The van der Waals surface area contributed by atoms with Gasteiger partial charge in [0.25, 0.3) is 0 Å². The van der Waals surface area contributed by atoms with Crippen molar-refractivity contribution < 1.29 is 18.0 Å². The van der Waals surface area contributed by atoms with Gasteiger partial charge in [0.05, 0.1) is 11.3 Å². The number of amides is 2. The number of halogens is 3. The normalized spacial score (nSPS) is 13.0. The number of hydrogen-bond acceptors (Lipinski definition) is 2. The van der Waals surface area contributed by atoms with Gasteiger partial charge >= 0.3 is 12.2 Å². The number of pyridine rings is 1. The Labute approximate surface area is 202 Å². The Morgan fingerprint density at radius 3 is 2.11 bits per heavy atom. The summed E-state index contributed by atoms with van der Waals surface area (Å²) >= 11 is 0. The van der Waals surface area contributed by atoms with Crippen LogP contribution < -0.4 is 16.1 Å². The Balaban J connectivity index is 1.88. The summed E-state index contributed by atoms with van der Waals surface area (Å²) in [6, 6.07) is 26.2. The van der Waals surface area contributed by atoms with Crippen LogP contribution in [-0.4, -0.2) is 18.9 Å². The van der Waals surface area contributed by atoms with E-state index in [1.165, 1.54) is 6.07 Å². The van der Waals surface area contributed by atoms with E-state index in [0.29, 0.717) is 11.4 Å². The largest absolute Gasteiger partial charge is 0.416 e. The number of benzene rings is 3. The zero-order valence-electron chi connectivity index (χ0n) is 19.0. The second-order valence-corrected chi connectivity index (χ2v) is 8.31. The van der Waals surface area contributed by atoms with Gasteiger partial charge in [-0.05, 0) is 41.5 Å². The monoisotopic (exact) mass is 473 g/mol. The summed E-state index contributed by atoms with van der Waals surface area (Å²) in [5.41, 5.74) is 0.789. The second kappa shape index (κ2) is 10.1. The van der Waals surface area contributed by atoms with Gasteiger partial charge in [-0.3, -0.25) is 4.98 Å². The minimum absolute atomic E-state index is 0.188. The summed E-state index contributed by atoms with van der Waals surface area (Å²) in [4.78, 5) is 17.8. The number of carbonyl (C=O) groups excluding carboxylic acids is 1. The van der Waals surface area contributed by atoms with Crippen LogP contribution in [0.1, 0.15) is 22.4 Å². The lowest BCUT2D eigenvalue weighted by Crippen LogP contribution is -2.51. The average molecular weight is 473 g/mol. The summed E-state index contributed by atoms with van der Waals surface area (Å²) in [5.74, 6) is 0. The minimum Gasteiger partial charge on any atom is -0.322 e. The van der Waals surface area contributed by atoms with Gasteiger partial charge in [-0.15, -0.1) is 0 Å². The van der Waals surface area contributed by atoms with Crippen LogP contribution in [0, 0.1) is 0 Å². The van der Waals surface area contributed by atoms with Crippen LogP contribution in [0.25, 0.3) is 0 Å². The molecule has 1 heterocycles. The van der Waals surface area contributed by atoms with Crippen molar-refractivity contribution >= 4 is 25.0 Å². The highest BCUT2D eigenvalue weighted by Gasteiger charge is 2.40. The molecule has 1 unspecified atom stereocenters. The fraction of sp³-hybridized carbons (Fsp3) is 0.111. The van der Waals surface area contributed by atoms with Gasteiger partial charge in [0.1, 0.15) is 13.4 Å². The number of rotatable bonds is 6. The molecule has 0 radical (unpaired) electrons. The molecule has 0 aliphatic carbocycles. The van der Waals surface area contributed by atoms with Gasteiger partial charge in [-0.2, -0.15) is 13.2 Å². The molecule has 0 aliphatic heterocycles. The quantitative estimate of drug-likeness (QED) is 0.400. The maximum atomic E-state index is 13.7. The van der Waals surface area contributed by atoms with E-state index in [-0.39, 0.29) is 12.0 Å². The van der Waals surface area contributed by atoms with Crippen molar-refractivity contribution in [2.45, 2.75) is 18.1 Å². The predicted octanol–water partition coefficient (Wildman–Crippen LogP) is 4.67. The van der Waals surface area contributed by atoms with E-state index >= 15 is 0 Å². The number of nitrogens with one attached hydrogen (secondary N) is 2. The Morgan fingerprint density at radius 1 is 0.829 bits per heavy atom. The van der Waals surface area contributed by atoms with Gasteiger partial charge in [0, 0.05) is 18.3 Å². The lowest BCUT2D eigenvalue weighted by Gasteiger charge is -2.36. The third-order valence-electron chi connectivity index (χ3n) is 5.70. The topological polar surface area (TPSA) is 54.0 Å². The Kier molecular flexibility index (Phi) is 6.91. The standard InChI is InChI=1S/C27H23BF3N3O/c28-22-14-15-24(32-18-22)26(17-19-8-3-1-4-9-19,20-10-7-11-21(16-20)27(29,30)31)34-25(35)33-23-12-5-2-6-13-23/h1-16,18H,17,28H2,(H2,33,34,35). The first-order valence-corrected chi connectivity index (χ1v) is 11.1. The average Bonchev–Trinajstić information content (AvgIpc) is 2.85. The number of carbonyl (C=O) groups is 1. The molecule has 0 fully saturated rings. The molecule has 1 atom stereocenters. The predicted molar refractivity (Wildman–Crippen MR) is 133 cm³/mol. The maximum absolute atomic E-state index is 13.7. The molecule has 0 spiro atoms. The number of aromatic nitrogens is 1. The number of nitrogens with zero attached hydrogens (tertiary/aromatic N) is 1. The lowest BCUT2D eigenvalue weighted by molar-refractivity contribution is -0.137. The molecule has 2 amide bonds. The second-order valence-electron chi connectivity index (χ2n) is 8.31. The molecule has 176 valence electrons. The van der Waals surface area contributed by atoms with Gasteiger partial charge in [0.2, 0.25) is 0 Å². The molecule has 4 nitrogen and oxygen atoms in total. The van der Waals surface area contributed by atoms with E-state index in [9.17, 15) is 18.0 Å². The third kappa shape index (κ3) is 5.71. The first kappa shape index (κ1) is 24.1. The highest BCUT2D eigenvalue weighted by molar-refractivity contribution is 6.32. The Hall–Kier alpha value is -4.07. The zero-order valence-corrected chi connectivity index (χ0v) is 19.0. The van der Waals surface area contributed by atoms with Crippen LogP contribution in [0.3, 0.4) is 0 Å². The van der Waals surface area contributed by atoms with E-state index in [1.54, 1.807) is 42.6 Å². The van der Waals surface area contributed by atoms with Crippen molar-refractivity contribution in [2.75, 3.05) is 5.32 Å². The molecule has 0 aliphatic rings. The molecule has 3 aromatic carbocycles. The zero-order chi connectivity index (χ0) is 24.9. The fourth-order valence-corrected chi connectivity index (χ4v) is 3.98. The summed E-state index contributed by atoms with van der Waals surface area (Å²) in [5, 5.41) is 5.76. The molecule has 4 aromatic rings. The van der Waals surface area contributed by atoms with Crippen molar-refractivity contribution in [3.05, 3.63) is 126 Å². The summed E-state index contributed by atoms with van der Waals surface area (Å²) in [6.45, 7) is 0. The minimum atomic E-state index is -4.54. The molecule has 0 saturated heterocycles. The van der Waals surface area contributed by atoms with E-state index in [4.69, 9.17) is 0 Å². The van der Waals surface area contributed by atoms with E-state index in [0.717, 1.165) is 23.2 Å². The smallest absolute Gasteiger partial charge is 0.322 e. The number of urea groups is 1. The van der Waals surface area contributed by atoms with Crippen LogP contribution in [0.2, 0.25) is 0 Å². The number of para-hydroxylation sites is 1. The number of anilines is 1. The lowest BCUT2D eigenvalue weighted by atomic mass is 9.79. The molecular weight excluding hydrogens is 450 g/mol. The van der Waals surface area contributed by atoms with Crippen molar-refractivity contribution in [3.63, 3.8) is 0 Å². The van der Waals surface area contributed by atoms with Crippen LogP contribution >= 0.6 is 0 Å². The van der Waals surface area contributed by atoms with Gasteiger partial charge in [-0.1, -0.05) is 72.2 Å². The fourth-order valence-electron chi connectivity index (χ4n) is 3.98. The van der Waals surface area contributed by atoms with Crippen molar-refractivity contribution in [3.8, 4) is 0 Å². The molecular formula is C27H23BF3N3O. The summed E-state index contributed by atoms with van der Waals surface area (Å²) in [7, 11) is 1.87. The number of hydrogen-bond donors (Lipinski definition) is 2. The highest BCUT2D eigenvalue weighted by Crippen LogP contribution is 2.36. The Bertz CT molecular complexity index is 1280. The van der Waals surface area contributed by atoms with Gasteiger partial charge in [-0.25, -0.2) is 4.79 Å². The first-order valence-electron chi connectivity index (χ1n) is 11.1. The summed E-state index contributed by atoms with van der Waals surface area (Å²) in [6.07, 6.45) is -2.71. The highest BCUT2D eigenvalue weighted by atomic mass is 19.4. The van der Waals surface area contributed by atoms with Crippen molar-refractivity contribution in [1.29, 1.82) is 0 Å². The molecule has 4 rings (SSSR count). The van der Waals surface area contributed by atoms with Crippen LogP contribution in [0.4, 0.5) is 23.7 Å². The first-order chi connectivity index (χ1) is 16.8. The SMILES string of the molecule is Bc1ccc(C(Cc2ccccc2)(NC(=O)Nc2ccccc2)c2cccc(C(F)(F)F)c2)nc1. The summed E-state index contributed by atoms with van der Waals surface area (Å²) < 4.78 is 41.0. The molecule has 35 heavy (non-hydrogen) atoms. The molecule has 1 aromatic heterocycles. The van der Waals surface area contributed by atoms with E-state index in [2.05, 4.69) is 15.6 Å². The van der Waals surface area contributed by atoms with Crippen LogP contribution in [-0.2, 0) is 18.1 Å². The van der Waals surface area contributed by atoms with E-state index in [1.807, 2.05) is 50.3 Å². The number of alkyl halides is 3. The molecule has 0 bridgehead atoms.